The Bertz CT molecular complexity index is 1820. The molecule has 1 aliphatic carbocycles. The van der Waals surface area contributed by atoms with Crippen molar-refractivity contribution in [1.29, 1.82) is 0 Å². The number of nitrogens with one attached hydrogen (secondary N) is 3. The molecule has 276 valence electrons. The molecular weight excluding hydrogens is 656 g/mol. The molecule has 2 atom stereocenters. The molecule has 5 heterocycles. The number of benzene rings is 1. The Hall–Kier alpha value is -4.75. The van der Waals surface area contributed by atoms with E-state index in [1.807, 2.05) is 24.4 Å². The van der Waals surface area contributed by atoms with Gasteiger partial charge in [0.2, 0.25) is 18.3 Å². The number of allylic oxidation sites excluding steroid dienone is 1. The van der Waals surface area contributed by atoms with Gasteiger partial charge >= 0.3 is 0 Å². The Labute approximate surface area is 306 Å². The Morgan fingerprint density at radius 2 is 1.87 bits per heavy atom. The quantitative estimate of drug-likeness (QED) is 0.226. The number of anilines is 1. The number of amides is 3. The summed E-state index contributed by atoms with van der Waals surface area (Å²) in [7, 11) is 3.58. The second-order valence-electron chi connectivity index (χ2n) is 14.8. The highest BCUT2D eigenvalue weighted by molar-refractivity contribution is 5.98. The minimum Gasteiger partial charge on any atom is -0.368 e. The number of rotatable bonds is 13. The van der Waals surface area contributed by atoms with Crippen LogP contribution in [0, 0.1) is 0 Å². The van der Waals surface area contributed by atoms with Crippen molar-refractivity contribution in [2.24, 2.45) is 0 Å². The summed E-state index contributed by atoms with van der Waals surface area (Å²) < 4.78 is 2.14. The van der Waals surface area contributed by atoms with E-state index in [1.54, 1.807) is 19.0 Å². The summed E-state index contributed by atoms with van der Waals surface area (Å²) in [5, 5.41) is 10.1. The largest absolute Gasteiger partial charge is 0.368 e. The van der Waals surface area contributed by atoms with Crippen LogP contribution in [0.15, 0.2) is 60.6 Å². The molecule has 3 amide bonds. The number of hydrogen-bond acceptors (Lipinski definition) is 10. The second kappa shape index (κ2) is 15.9. The maximum atomic E-state index is 13.1. The molecule has 3 aromatic rings. The van der Waals surface area contributed by atoms with Crippen molar-refractivity contribution >= 4 is 35.2 Å². The van der Waals surface area contributed by atoms with Crippen LogP contribution < -0.4 is 16.0 Å². The zero-order valence-corrected chi connectivity index (χ0v) is 30.6. The van der Waals surface area contributed by atoms with Crippen LogP contribution in [-0.4, -0.2) is 118 Å². The van der Waals surface area contributed by atoms with Crippen LogP contribution in [0.4, 0.5) is 5.95 Å². The Morgan fingerprint density at radius 3 is 2.56 bits per heavy atom. The average molecular weight is 709 g/mol. The van der Waals surface area contributed by atoms with Crippen molar-refractivity contribution < 1.29 is 14.4 Å². The number of carbonyl (C=O) groups excluding carboxylic acids is 3. The van der Waals surface area contributed by atoms with Gasteiger partial charge in [-0.1, -0.05) is 50.5 Å². The third kappa shape index (κ3) is 7.70. The molecular formula is C39H52N10O3. The summed E-state index contributed by atoms with van der Waals surface area (Å²) in [6, 6.07) is 11.0. The van der Waals surface area contributed by atoms with E-state index in [-0.39, 0.29) is 29.9 Å². The summed E-state index contributed by atoms with van der Waals surface area (Å²) in [6.07, 6.45) is 14.5. The lowest BCUT2D eigenvalue weighted by atomic mass is 9.92. The van der Waals surface area contributed by atoms with E-state index in [0.717, 1.165) is 81.7 Å². The SMILES string of the molecule is CCCC(C(=O)NC=O)c1cccc(CN2CC(N3CCN(C4=CNC(Nc5ncc6cc(C(=O)N(C)C)n(C7CCCC7)c6n5)C=C4)CC3)C2)c1. The first-order valence-corrected chi connectivity index (χ1v) is 18.9. The van der Waals surface area contributed by atoms with E-state index < -0.39 is 0 Å². The minimum absolute atomic E-state index is 0.00934. The first-order chi connectivity index (χ1) is 25.3. The molecule has 13 heteroatoms. The van der Waals surface area contributed by atoms with Gasteiger partial charge in [-0.15, -0.1) is 0 Å². The first-order valence-electron chi connectivity index (χ1n) is 18.9. The molecule has 0 radical (unpaired) electrons. The van der Waals surface area contributed by atoms with Crippen molar-refractivity contribution in [3.63, 3.8) is 0 Å². The van der Waals surface area contributed by atoms with Gasteiger partial charge in [0.15, 0.2) is 0 Å². The maximum absolute atomic E-state index is 13.1. The second-order valence-corrected chi connectivity index (χ2v) is 14.8. The van der Waals surface area contributed by atoms with Crippen LogP contribution in [0.3, 0.4) is 0 Å². The summed E-state index contributed by atoms with van der Waals surface area (Å²) >= 11 is 0. The fourth-order valence-corrected chi connectivity index (χ4v) is 8.21. The summed E-state index contributed by atoms with van der Waals surface area (Å²) in [4.78, 5) is 55.1. The molecule has 1 aromatic carbocycles. The number of fused-ring (bicyclic) bond motifs is 1. The number of piperazine rings is 1. The van der Waals surface area contributed by atoms with Crippen molar-refractivity contribution in [2.45, 2.75) is 76.2 Å². The van der Waals surface area contributed by atoms with E-state index in [2.05, 4.69) is 77.6 Å². The Balaban J connectivity index is 0.887. The number of nitrogens with zero attached hydrogens (tertiary/aromatic N) is 7. The average Bonchev–Trinajstić information content (AvgIpc) is 3.80. The van der Waals surface area contributed by atoms with Gasteiger partial charge in [-0.3, -0.25) is 29.5 Å². The van der Waals surface area contributed by atoms with E-state index in [1.165, 1.54) is 24.1 Å². The first kappa shape index (κ1) is 35.6. The molecule has 2 saturated heterocycles. The van der Waals surface area contributed by atoms with Crippen LogP contribution in [0.25, 0.3) is 11.0 Å². The molecule has 3 aliphatic heterocycles. The van der Waals surface area contributed by atoms with Gasteiger partial charge < -0.3 is 25.0 Å². The van der Waals surface area contributed by atoms with Crippen LogP contribution in [0.2, 0.25) is 0 Å². The smallest absolute Gasteiger partial charge is 0.270 e. The lowest BCUT2D eigenvalue weighted by Gasteiger charge is -2.48. The van der Waals surface area contributed by atoms with Crippen molar-refractivity contribution in [2.75, 3.05) is 58.7 Å². The monoisotopic (exact) mass is 708 g/mol. The highest BCUT2D eigenvalue weighted by Crippen LogP contribution is 2.35. The summed E-state index contributed by atoms with van der Waals surface area (Å²) in [5.41, 5.74) is 4.84. The van der Waals surface area contributed by atoms with Gasteiger partial charge in [-0.05, 0) is 48.6 Å². The highest BCUT2D eigenvalue weighted by atomic mass is 16.2. The van der Waals surface area contributed by atoms with Gasteiger partial charge in [0.1, 0.15) is 17.5 Å². The lowest BCUT2D eigenvalue weighted by molar-refractivity contribution is -0.126. The minimum atomic E-state index is -0.304. The fraction of sp³-hybridized carbons (Fsp3) is 0.513. The van der Waals surface area contributed by atoms with Gasteiger partial charge in [0.25, 0.3) is 5.91 Å². The van der Waals surface area contributed by atoms with Crippen LogP contribution in [-0.2, 0) is 16.1 Å². The molecule has 3 fully saturated rings. The fourth-order valence-electron chi connectivity index (χ4n) is 8.21. The number of dihydropyridines is 1. The predicted molar refractivity (Wildman–Crippen MR) is 201 cm³/mol. The molecule has 52 heavy (non-hydrogen) atoms. The number of imide groups is 1. The maximum Gasteiger partial charge on any atom is 0.270 e. The zero-order chi connectivity index (χ0) is 36.2. The van der Waals surface area contributed by atoms with E-state index in [0.29, 0.717) is 30.5 Å². The van der Waals surface area contributed by atoms with Crippen molar-refractivity contribution in [3.05, 3.63) is 77.4 Å². The van der Waals surface area contributed by atoms with Crippen LogP contribution >= 0.6 is 0 Å². The molecule has 2 unspecified atom stereocenters. The Kier molecular flexibility index (Phi) is 10.9. The number of carbonyl (C=O) groups is 3. The number of likely N-dealkylation sites (tertiary alicyclic amines) is 1. The number of hydrogen-bond donors (Lipinski definition) is 3. The molecule has 0 spiro atoms. The molecule has 3 N–H and O–H groups in total. The Morgan fingerprint density at radius 1 is 1.08 bits per heavy atom. The normalized spacial score (nSPS) is 20.6. The molecule has 4 aliphatic rings. The number of aromatic nitrogens is 3. The molecule has 13 nitrogen and oxygen atoms in total. The van der Waals surface area contributed by atoms with Gasteiger partial charge in [-0.2, -0.15) is 4.98 Å². The highest BCUT2D eigenvalue weighted by Gasteiger charge is 2.34. The van der Waals surface area contributed by atoms with Crippen LogP contribution in [0.5, 0.6) is 0 Å². The lowest BCUT2D eigenvalue weighted by Crippen LogP contribution is -2.62. The van der Waals surface area contributed by atoms with Crippen molar-refractivity contribution in [1.82, 2.24) is 44.8 Å². The van der Waals surface area contributed by atoms with E-state index in [4.69, 9.17) is 4.98 Å². The summed E-state index contributed by atoms with van der Waals surface area (Å²) in [6.45, 7) is 9.00. The van der Waals surface area contributed by atoms with E-state index >= 15 is 0 Å². The third-order valence-electron chi connectivity index (χ3n) is 11.0. The van der Waals surface area contributed by atoms with E-state index in [9.17, 15) is 14.4 Å². The summed E-state index contributed by atoms with van der Waals surface area (Å²) in [5.74, 6) is -0.00961. The van der Waals surface area contributed by atoms with Gasteiger partial charge in [-0.25, -0.2) is 4.98 Å². The van der Waals surface area contributed by atoms with Gasteiger partial charge in [0.05, 0.1) is 11.6 Å². The standard InChI is InChI=1S/C39H52N10O3/c1-4-8-33(37(51)42-26-50)28-10-7-9-27(19-28)23-46-24-32(25-46)48-17-15-47(16-18-48)31-13-14-35(40-22-31)43-39-41-21-29-20-34(38(52)45(2)3)49(36(29)44-39)30-11-5-6-12-30/h7,9-10,13-14,19-22,26,30,32-33,35,40H,4-6,8,11-12,15-18,23-25H2,1-3H3,(H,41,43,44)(H,42,50,51). The zero-order valence-electron chi connectivity index (χ0n) is 30.6. The molecule has 0 bridgehead atoms. The van der Waals surface area contributed by atoms with Crippen molar-refractivity contribution in [3.8, 4) is 0 Å². The van der Waals surface area contributed by atoms with Gasteiger partial charge in [0, 0.05) is 89.8 Å². The predicted octanol–water partition coefficient (Wildman–Crippen LogP) is 3.65. The topological polar surface area (TPSA) is 131 Å². The van der Waals surface area contributed by atoms with Crippen LogP contribution in [0.1, 0.15) is 79.0 Å². The third-order valence-corrected chi connectivity index (χ3v) is 11.0. The molecule has 7 rings (SSSR count). The molecule has 1 saturated carbocycles. The molecule has 2 aromatic heterocycles.